The maximum absolute atomic E-state index is 12.5. The third-order valence-electron chi connectivity index (χ3n) is 4.42. The van der Waals surface area contributed by atoms with Crippen LogP contribution in [0.4, 0.5) is 0 Å². The quantitative estimate of drug-likeness (QED) is 0.499. The largest absolute Gasteiger partial charge is 0.327 e. The number of hydrogen-bond donors (Lipinski definition) is 0. The zero-order valence-electron chi connectivity index (χ0n) is 15.6. The number of para-hydroxylation sites is 2. The summed E-state index contributed by atoms with van der Waals surface area (Å²) in [6.45, 7) is 6.40. The predicted octanol–water partition coefficient (Wildman–Crippen LogP) is 5.01. The van der Waals surface area contributed by atoms with Gasteiger partial charge in [-0.3, -0.25) is 9.59 Å². The summed E-state index contributed by atoms with van der Waals surface area (Å²) in [6.07, 6.45) is 0. The van der Waals surface area contributed by atoms with E-state index in [4.69, 9.17) is 0 Å². The van der Waals surface area contributed by atoms with E-state index >= 15 is 0 Å². The van der Waals surface area contributed by atoms with Crippen molar-refractivity contribution in [1.29, 1.82) is 0 Å². The summed E-state index contributed by atoms with van der Waals surface area (Å²) in [5.74, 6) is 0.865. The van der Waals surface area contributed by atoms with Crippen LogP contribution < -0.4 is 0 Å². The normalized spacial score (nSPS) is 11.8. The number of hydrogen-bond acceptors (Lipinski definition) is 4. The molecule has 0 saturated carbocycles. The number of ketones is 1. The van der Waals surface area contributed by atoms with Crippen molar-refractivity contribution >= 4 is 50.7 Å². The Morgan fingerprint density at radius 2 is 1.74 bits per heavy atom. The summed E-state index contributed by atoms with van der Waals surface area (Å²) in [7, 11) is 0. The number of thioether (sulfide) groups is 1. The van der Waals surface area contributed by atoms with E-state index in [0.717, 1.165) is 34.2 Å². The first-order valence-corrected chi connectivity index (χ1v) is 9.62. The number of fused-ring (bicyclic) bond motifs is 1. The van der Waals surface area contributed by atoms with Gasteiger partial charge in [0.1, 0.15) is 5.82 Å². The summed E-state index contributed by atoms with van der Waals surface area (Å²) in [4.78, 5) is 29.3. The molecule has 2 aromatic carbocycles. The Morgan fingerprint density at radius 1 is 1.07 bits per heavy atom. The summed E-state index contributed by atoms with van der Waals surface area (Å²) < 4.78 is 2.07. The molecule has 1 aromatic heterocycles. The van der Waals surface area contributed by atoms with Crippen molar-refractivity contribution in [3.63, 3.8) is 0 Å². The van der Waals surface area contributed by atoms with Gasteiger partial charge < -0.3 is 4.57 Å². The second kappa shape index (κ2) is 9.33. The lowest BCUT2D eigenvalue weighted by Gasteiger charge is -2.13. The molecule has 0 N–H and O–H groups in total. The number of carbonyl (C=O) groups excluding carboxylic acids is 2. The number of aryl methyl sites for hydroxylation is 2. The number of nitrogens with zero attached hydrogens (tertiary/aromatic N) is 2. The van der Waals surface area contributed by atoms with Crippen LogP contribution in [-0.2, 0) is 11.3 Å². The lowest BCUT2D eigenvalue weighted by Crippen LogP contribution is -2.17. The van der Waals surface area contributed by atoms with Crippen molar-refractivity contribution in [3.05, 3.63) is 65.5 Å². The van der Waals surface area contributed by atoms with Gasteiger partial charge in [-0.15, -0.1) is 17.0 Å². The highest BCUT2D eigenvalue weighted by molar-refractivity contribution is 8.93. The molecular formula is C21H23BrN2O2S. The van der Waals surface area contributed by atoms with E-state index in [1.807, 2.05) is 69.3 Å². The van der Waals surface area contributed by atoms with Crippen LogP contribution in [0.1, 0.15) is 28.7 Å². The van der Waals surface area contributed by atoms with Crippen LogP contribution in [-0.4, -0.2) is 26.2 Å². The fraction of sp³-hybridized carbons (Fsp3) is 0.286. The minimum Gasteiger partial charge on any atom is -0.327 e. The average Bonchev–Trinajstić information content (AvgIpc) is 2.95. The monoisotopic (exact) mass is 446 g/mol. The first kappa shape index (κ1) is 21.4. The van der Waals surface area contributed by atoms with Gasteiger partial charge >= 0.3 is 0 Å². The number of benzene rings is 2. The van der Waals surface area contributed by atoms with Crippen LogP contribution in [0, 0.1) is 19.8 Å². The third kappa shape index (κ3) is 5.08. The van der Waals surface area contributed by atoms with Gasteiger partial charge in [0.2, 0.25) is 0 Å². The van der Waals surface area contributed by atoms with Crippen LogP contribution >= 0.6 is 28.7 Å². The number of carbonyl (C=O) groups is 2. The molecule has 0 fully saturated rings. The van der Waals surface area contributed by atoms with Crippen LogP contribution in [0.25, 0.3) is 11.0 Å². The topological polar surface area (TPSA) is 52.0 Å². The highest BCUT2D eigenvalue weighted by Crippen LogP contribution is 2.20. The molecule has 1 heterocycles. The first-order chi connectivity index (χ1) is 12.5. The second-order valence-corrected chi connectivity index (χ2v) is 7.54. The molecule has 0 aliphatic carbocycles. The van der Waals surface area contributed by atoms with Crippen molar-refractivity contribution < 1.29 is 9.59 Å². The van der Waals surface area contributed by atoms with Gasteiger partial charge in [-0.2, -0.15) is 0 Å². The molecule has 142 valence electrons. The molecule has 0 bridgehead atoms. The Balaban J connectivity index is 0.00000261. The van der Waals surface area contributed by atoms with Gasteiger partial charge in [0.05, 0.1) is 16.8 Å². The Hall–Kier alpha value is -1.92. The number of imidazole rings is 1. The zero-order valence-corrected chi connectivity index (χ0v) is 18.2. The highest BCUT2D eigenvalue weighted by atomic mass is 79.9. The van der Waals surface area contributed by atoms with Crippen molar-refractivity contribution in [3.8, 4) is 0 Å². The number of rotatable bonds is 6. The first-order valence-electron chi connectivity index (χ1n) is 8.64. The van der Waals surface area contributed by atoms with Crippen LogP contribution in [0.2, 0.25) is 0 Å². The Labute approximate surface area is 174 Å². The van der Waals surface area contributed by atoms with E-state index in [2.05, 4.69) is 9.55 Å². The minimum absolute atomic E-state index is 0. The molecule has 1 atom stereocenters. The smallest absolute Gasteiger partial charge is 0.193 e. The second-order valence-electron chi connectivity index (χ2n) is 6.56. The van der Waals surface area contributed by atoms with Crippen LogP contribution in [0.15, 0.2) is 48.5 Å². The van der Waals surface area contributed by atoms with E-state index in [1.165, 1.54) is 0 Å². The Bertz CT molecular complexity index is 950. The van der Waals surface area contributed by atoms with E-state index in [-0.39, 0.29) is 39.6 Å². The van der Waals surface area contributed by atoms with Crippen molar-refractivity contribution in [2.75, 3.05) is 5.75 Å². The lowest BCUT2D eigenvalue weighted by atomic mass is 10.1. The lowest BCUT2D eigenvalue weighted by molar-refractivity contribution is -0.114. The predicted molar refractivity (Wildman–Crippen MR) is 117 cm³/mol. The van der Waals surface area contributed by atoms with E-state index < -0.39 is 0 Å². The van der Waals surface area contributed by atoms with Crippen LogP contribution in [0.3, 0.4) is 0 Å². The maximum Gasteiger partial charge on any atom is 0.193 e. The SMILES string of the molecule is Br.Cc1ccc(C(=O)CSC(=O)C(C)Cn2c(C)nc3ccccc32)cc1. The number of halogens is 1. The van der Waals surface area contributed by atoms with Gasteiger partial charge in [-0.25, -0.2) is 4.98 Å². The maximum atomic E-state index is 12.5. The van der Waals surface area contributed by atoms with Crippen molar-refractivity contribution in [1.82, 2.24) is 9.55 Å². The molecule has 4 nitrogen and oxygen atoms in total. The summed E-state index contributed by atoms with van der Waals surface area (Å²) in [6, 6.07) is 15.4. The van der Waals surface area contributed by atoms with E-state index in [0.29, 0.717) is 12.1 Å². The summed E-state index contributed by atoms with van der Waals surface area (Å²) >= 11 is 1.10. The standard InChI is InChI=1S/C21H22N2O2S.BrH/c1-14-8-10-17(11-9-14)20(24)13-26-21(25)15(2)12-23-16(3)22-18-6-4-5-7-19(18)23;/h4-11,15H,12-13H2,1-3H3;1H. The van der Waals surface area contributed by atoms with E-state index in [1.54, 1.807) is 0 Å². The van der Waals surface area contributed by atoms with Crippen molar-refractivity contribution in [2.24, 2.45) is 5.92 Å². The van der Waals surface area contributed by atoms with Gasteiger partial charge in [0.25, 0.3) is 0 Å². The zero-order chi connectivity index (χ0) is 18.7. The third-order valence-corrected chi connectivity index (χ3v) is 5.52. The van der Waals surface area contributed by atoms with E-state index in [9.17, 15) is 9.59 Å². The average molecular weight is 447 g/mol. The molecule has 0 amide bonds. The minimum atomic E-state index is -0.192. The molecule has 1 unspecified atom stereocenters. The fourth-order valence-electron chi connectivity index (χ4n) is 2.88. The molecular weight excluding hydrogens is 424 g/mol. The number of Topliss-reactive ketones (excluding diaryl/α,β-unsaturated/α-hetero) is 1. The van der Waals surface area contributed by atoms with Gasteiger partial charge in [-0.05, 0) is 26.0 Å². The highest BCUT2D eigenvalue weighted by Gasteiger charge is 2.18. The molecule has 0 aliphatic rings. The Kier molecular flexibility index (Phi) is 7.39. The molecule has 0 aliphatic heterocycles. The molecule has 3 rings (SSSR count). The van der Waals surface area contributed by atoms with Crippen molar-refractivity contribution in [2.45, 2.75) is 27.3 Å². The van der Waals surface area contributed by atoms with Gasteiger partial charge in [0, 0.05) is 18.0 Å². The molecule has 0 saturated heterocycles. The number of aromatic nitrogens is 2. The van der Waals surface area contributed by atoms with Gasteiger partial charge in [-0.1, -0.05) is 60.6 Å². The fourth-order valence-corrected chi connectivity index (χ4v) is 3.68. The molecule has 0 spiro atoms. The molecule has 0 radical (unpaired) electrons. The summed E-state index contributed by atoms with van der Waals surface area (Å²) in [5, 5.41) is 0.0302. The molecule has 3 aromatic rings. The van der Waals surface area contributed by atoms with Crippen LogP contribution in [0.5, 0.6) is 0 Å². The Morgan fingerprint density at radius 3 is 2.44 bits per heavy atom. The molecule has 27 heavy (non-hydrogen) atoms. The summed E-state index contributed by atoms with van der Waals surface area (Å²) in [5.41, 5.74) is 3.74. The molecule has 6 heteroatoms. The van der Waals surface area contributed by atoms with Gasteiger partial charge in [0.15, 0.2) is 10.9 Å².